The van der Waals surface area contributed by atoms with E-state index in [1.54, 1.807) is 10.8 Å². The van der Waals surface area contributed by atoms with Crippen LogP contribution in [-0.4, -0.2) is 18.0 Å². The molecule has 1 radical (unpaired) electrons. The Morgan fingerprint density at radius 1 is 0.778 bits per heavy atom. The molecular formula is C49H52IrN2SSi-2. The van der Waals surface area contributed by atoms with Crippen LogP contribution in [-0.2, 0) is 26.5 Å². The van der Waals surface area contributed by atoms with Crippen molar-refractivity contribution in [3.05, 3.63) is 139 Å². The molecule has 0 atom stereocenters. The van der Waals surface area contributed by atoms with Crippen LogP contribution in [0.3, 0.4) is 0 Å². The number of benzene rings is 4. The first-order chi connectivity index (χ1) is 25.8. The van der Waals surface area contributed by atoms with E-state index in [0.29, 0.717) is 5.92 Å². The molecule has 8 rings (SSSR count). The second kappa shape index (κ2) is 18.3. The molecule has 2 nitrogen and oxygen atoms in total. The standard InChI is InChI=1S/C28H24NS.C21H28NSi.Ir/c1-3-19(4-2)21-16-17-29-25(18-21)23-13-8-14-24-27-22(20-10-6-5-7-11-20)12-9-15-26(27)30-28(23)24;1-23(2,3)21-16-22-20(18-12-8-5-9-13-18)15-19(21)14-17-10-6-4-7-11-17;/h5-12,14-19H,3-4H2,1-2H3;5,8-9,12,15-17H,4,6-7,10-11,14H2,1-3H3;/q2*-1;. The second-order valence-electron chi connectivity index (χ2n) is 15.7. The van der Waals surface area contributed by atoms with E-state index in [-0.39, 0.29) is 20.1 Å². The quantitative estimate of drug-likeness (QED) is 0.106. The van der Waals surface area contributed by atoms with Crippen molar-refractivity contribution in [1.82, 2.24) is 9.97 Å². The van der Waals surface area contributed by atoms with Crippen LogP contribution in [0.1, 0.15) is 75.8 Å². The summed E-state index contributed by atoms with van der Waals surface area (Å²) >= 11 is 1.85. The van der Waals surface area contributed by atoms with Gasteiger partial charge in [-0.15, -0.1) is 59.7 Å². The molecule has 7 aromatic rings. The van der Waals surface area contributed by atoms with Crippen LogP contribution in [0, 0.1) is 18.1 Å². The van der Waals surface area contributed by atoms with Crippen LogP contribution < -0.4 is 5.19 Å². The number of thiophene rings is 1. The van der Waals surface area contributed by atoms with Crippen molar-refractivity contribution in [2.75, 3.05) is 0 Å². The van der Waals surface area contributed by atoms with Crippen molar-refractivity contribution in [2.45, 2.75) is 90.8 Å². The summed E-state index contributed by atoms with van der Waals surface area (Å²) in [6, 6.07) is 43.3. The summed E-state index contributed by atoms with van der Waals surface area (Å²) in [4.78, 5) is 9.51. The molecule has 0 spiro atoms. The Balaban J connectivity index is 0.000000187. The number of aromatic nitrogens is 2. The Hall–Kier alpha value is -3.73. The molecule has 1 fully saturated rings. The van der Waals surface area contributed by atoms with E-state index in [0.717, 1.165) is 41.3 Å². The maximum atomic E-state index is 4.77. The Morgan fingerprint density at radius 3 is 2.28 bits per heavy atom. The summed E-state index contributed by atoms with van der Waals surface area (Å²) in [7, 11) is -1.36. The third-order valence-electron chi connectivity index (χ3n) is 11.1. The van der Waals surface area contributed by atoms with E-state index in [1.807, 2.05) is 29.7 Å². The molecular weight excluding hydrogens is 869 g/mol. The third kappa shape index (κ3) is 9.03. The van der Waals surface area contributed by atoms with E-state index in [4.69, 9.17) is 9.97 Å². The van der Waals surface area contributed by atoms with Gasteiger partial charge in [0.15, 0.2) is 0 Å². The first-order valence-corrected chi connectivity index (χ1v) is 24.0. The Bertz CT molecular complexity index is 2270. The molecule has 5 heteroatoms. The number of pyridine rings is 2. The van der Waals surface area contributed by atoms with Gasteiger partial charge >= 0.3 is 0 Å². The summed E-state index contributed by atoms with van der Waals surface area (Å²) in [5, 5.41) is 4.16. The van der Waals surface area contributed by atoms with Crippen molar-refractivity contribution in [2.24, 2.45) is 5.92 Å². The zero-order chi connectivity index (χ0) is 36.8. The van der Waals surface area contributed by atoms with Gasteiger partial charge in [0, 0.05) is 37.2 Å². The fourth-order valence-corrected chi connectivity index (χ4v) is 11.0. The fourth-order valence-electron chi connectivity index (χ4n) is 8.18. The Labute approximate surface area is 341 Å². The molecule has 0 amide bonds. The van der Waals surface area contributed by atoms with Gasteiger partial charge in [-0.2, -0.15) is 11.3 Å². The number of hydrogen-bond donors (Lipinski definition) is 0. The molecule has 3 heterocycles. The molecule has 4 aromatic carbocycles. The van der Waals surface area contributed by atoms with Gasteiger partial charge in [-0.25, -0.2) is 0 Å². The fraction of sp³-hybridized carbons (Fsp3) is 0.306. The maximum absolute atomic E-state index is 4.77. The van der Waals surface area contributed by atoms with E-state index >= 15 is 0 Å². The van der Waals surface area contributed by atoms with Crippen LogP contribution in [0.2, 0.25) is 19.6 Å². The molecule has 0 bridgehead atoms. The minimum absolute atomic E-state index is 0. The van der Waals surface area contributed by atoms with Crippen LogP contribution in [0.5, 0.6) is 0 Å². The first kappa shape index (κ1) is 39.9. The molecule has 279 valence electrons. The zero-order valence-corrected chi connectivity index (χ0v) is 36.6. The molecule has 1 saturated carbocycles. The SMILES string of the molecule is CCC(CC)c1ccnc(-c2[c-]ccc3c2sc2cccc(-c4ccccc4)c23)c1.C[Si](C)(C)c1cnc(-c2[c-]cccc2)cc1CC1CCCCC1.[Ir]. The van der Waals surface area contributed by atoms with E-state index in [2.05, 4.69) is 143 Å². The predicted octanol–water partition coefficient (Wildman–Crippen LogP) is 13.7. The zero-order valence-electron chi connectivity index (χ0n) is 32.4. The number of fused-ring (bicyclic) bond motifs is 3. The van der Waals surface area contributed by atoms with Gasteiger partial charge in [-0.1, -0.05) is 137 Å². The summed E-state index contributed by atoms with van der Waals surface area (Å²) in [6.07, 6.45) is 14.7. The maximum Gasteiger partial charge on any atom is 0.0798 e. The normalized spacial score (nSPS) is 13.4. The van der Waals surface area contributed by atoms with E-state index in [1.165, 1.54) is 75.4 Å². The van der Waals surface area contributed by atoms with Crippen LogP contribution in [0.4, 0.5) is 0 Å². The first-order valence-electron chi connectivity index (χ1n) is 19.7. The topological polar surface area (TPSA) is 25.8 Å². The summed E-state index contributed by atoms with van der Waals surface area (Å²) in [5.74, 6) is 1.45. The van der Waals surface area contributed by atoms with E-state index in [9.17, 15) is 0 Å². The van der Waals surface area contributed by atoms with Gasteiger partial charge in [0.05, 0.1) is 8.07 Å². The van der Waals surface area contributed by atoms with Gasteiger partial charge in [-0.3, -0.25) is 0 Å². The minimum Gasteiger partial charge on any atom is -0.305 e. The van der Waals surface area contributed by atoms with Gasteiger partial charge in [0.2, 0.25) is 0 Å². The van der Waals surface area contributed by atoms with Gasteiger partial charge in [0.1, 0.15) is 0 Å². The molecule has 1 aliphatic rings. The van der Waals surface area contributed by atoms with Crippen molar-refractivity contribution >= 4 is 44.8 Å². The molecule has 0 N–H and O–H groups in total. The largest absolute Gasteiger partial charge is 0.305 e. The second-order valence-corrected chi connectivity index (χ2v) is 21.8. The van der Waals surface area contributed by atoms with Crippen molar-refractivity contribution in [1.29, 1.82) is 0 Å². The van der Waals surface area contributed by atoms with Crippen molar-refractivity contribution in [3.8, 4) is 33.6 Å². The van der Waals surface area contributed by atoms with Gasteiger partial charge < -0.3 is 9.97 Å². The Morgan fingerprint density at radius 2 is 1.56 bits per heavy atom. The summed E-state index contributed by atoms with van der Waals surface area (Å²) in [6.45, 7) is 11.8. The number of hydrogen-bond acceptors (Lipinski definition) is 3. The van der Waals surface area contributed by atoms with Crippen molar-refractivity contribution < 1.29 is 20.1 Å². The van der Waals surface area contributed by atoms with Crippen LogP contribution >= 0.6 is 11.3 Å². The molecule has 54 heavy (non-hydrogen) atoms. The van der Waals surface area contributed by atoms with Crippen molar-refractivity contribution in [3.63, 3.8) is 0 Å². The molecule has 3 aromatic heterocycles. The summed E-state index contributed by atoms with van der Waals surface area (Å²) < 4.78 is 2.58. The number of nitrogens with zero attached hydrogens (tertiary/aromatic N) is 2. The van der Waals surface area contributed by atoms with Gasteiger partial charge in [0.25, 0.3) is 0 Å². The molecule has 0 unspecified atom stereocenters. The smallest absolute Gasteiger partial charge is 0.0798 e. The minimum atomic E-state index is -1.36. The molecule has 1 aliphatic carbocycles. The predicted molar refractivity (Wildman–Crippen MR) is 232 cm³/mol. The average molecular weight is 921 g/mol. The number of rotatable bonds is 9. The average Bonchev–Trinajstić information content (AvgIpc) is 3.59. The van der Waals surface area contributed by atoms with E-state index < -0.39 is 8.07 Å². The third-order valence-corrected chi connectivity index (χ3v) is 14.3. The van der Waals surface area contributed by atoms with Crippen LogP contribution in [0.25, 0.3) is 53.8 Å². The van der Waals surface area contributed by atoms with Gasteiger partial charge in [-0.05, 0) is 81.0 Å². The monoisotopic (exact) mass is 921 g/mol. The molecule has 0 aliphatic heterocycles. The molecule has 0 saturated heterocycles. The van der Waals surface area contributed by atoms with Crippen LogP contribution in [0.15, 0.2) is 116 Å². The Kier molecular flexibility index (Phi) is 13.5. The summed E-state index contributed by atoms with van der Waals surface area (Å²) in [5.41, 5.74) is 9.80.